The second-order valence-electron chi connectivity index (χ2n) is 4.96. The molecular weight excluding hydrogens is 260 g/mol. The monoisotopic (exact) mass is 282 g/mol. The quantitative estimate of drug-likeness (QED) is 0.898. The third-order valence-electron chi connectivity index (χ3n) is 3.58. The highest BCUT2D eigenvalue weighted by Gasteiger charge is 2.20. The van der Waals surface area contributed by atoms with Crippen LogP contribution in [-0.2, 0) is 11.3 Å². The molecule has 0 bridgehead atoms. The van der Waals surface area contributed by atoms with Crippen LogP contribution in [0.5, 0.6) is 0 Å². The topological polar surface area (TPSA) is 24.5 Å². The van der Waals surface area contributed by atoms with Crippen LogP contribution in [-0.4, -0.2) is 32.8 Å². The fourth-order valence-electron chi connectivity index (χ4n) is 2.62. The molecule has 0 saturated carbocycles. The van der Waals surface area contributed by atoms with E-state index >= 15 is 0 Å². The molecule has 0 spiro atoms. The molecule has 0 unspecified atom stereocenters. The van der Waals surface area contributed by atoms with Crippen LogP contribution in [0.4, 0.5) is 5.69 Å². The van der Waals surface area contributed by atoms with Gasteiger partial charge < -0.3 is 15.0 Å². The molecule has 1 N–H and O–H groups in total. The van der Waals surface area contributed by atoms with Crippen LogP contribution in [0.1, 0.15) is 25.3 Å². The van der Waals surface area contributed by atoms with E-state index in [1.165, 1.54) is 5.56 Å². The predicted octanol–water partition coefficient (Wildman–Crippen LogP) is 3.06. The van der Waals surface area contributed by atoms with Crippen molar-refractivity contribution in [2.45, 2.75) is 32.4 Å². The maximum absolute atomic E-state index is 6.40. The molecule has 1 aromatic carbocycles. The second kappa shape index (κ2) is 7.13. The highest BCUT2D eigenvalue weighted by molar-refractivity contribution is 6.33. The number of nitrogens with one attached hydrogen (secondary N) is 1. The molecule has 1 saturated heterocycles. The maximum atomic E-state index is 6.40. The van der Waals surface area contributed by atoms with E-state index in [1.54, 1.807) is 0 Å². The Morgan fingerprint density at radius 3 is 2.68 bits per heavy atom. The van der Waals surface area contributed by atoms with E-state index in [9.17, 15) is 0 Å². The first-order valence-electron chi connectivity index (χ1n) is 7.04. The molecule has 0 radical (unpaired) electrons. The van der Waals surface area contributed by atoms with Gasteiger partial charge in [0.2, 0.25) is 0 Å². The average molecular weight is 283 g/mol. The van der Waals surface area contributed by atoms with Gasteiger partial charge in [0, 0.05) is 26.2 Å². The molecule has 1 aliphatic heterocycles. The van der Waals surface area contributed by atoms with Gasteiger partial charge >= 0.3 is 0 Å². The van der Waals surface area contributed by atoms with E-state index in [2.05, 4.69) is 35.3 Å². The highest BCUT2D eigenvalue weighted by atomic mass is 35.5. The van der Waals surface area contributed by atoms with Crippen LogP contribution >= 0.6 is 11.6 Å². The van der Waals surface area contributed by atoms with E-state index in [4.69, 9.17) is 16.3 Å². The summed E-state index contributed by atoms with van der Waals surface area (Å²) >= 11 is 6.40. The molecule has 1 heterocycles. The Bertz CT molecular complexity index is 403. The van der Waals surface area contributed by atoms with Gasteiger partial charge in [-0.2, -0.15) is 0 Å². The van der Waals surface area contributed by atoms with E-state index in [0.29, 0.717) is 6.10 Å². The van der Waals surface area contributed by atoms with Crippen LogP contribution in [0, 0.1) is 0 Å². The van der Waals surface area contributed by atoms with Gasteiger partial charge in [0.15, 0.2) is 0 Å². The number of rotatable bonds is 5. The Balaban J connectivity index is 1.99. The molecule has 1 fully saturated rings. The average Bonchev–Trinajstić information content (AvgIpc) is 2.41. The van der Waals surface area contributed by atoms with E-state index in [1.807, 2.05) is 7.05 Å². The standard InChI is InChI=1S/C15H23ClN2O/c1-3-19-13-6-8-18(9-7-13)15-5-4-12(11-17-2)10-14(15)16/h4-5,10,13,17H,3,6-9,11H2,1-2H3. The van der Waals surface area contributed by atoms with Gasteiger partial charge in [0.05, 0.1) is 16.8 Å². The first-order valence-corrected chi connectivity index (χ1v) is 7.42. The highest BCUT2D eigenvalue weighted by Crippen LogP contribution is 2.29. The third kappa shape index (κ3) is 3.85. The molecule has 19 heavy (non-hydrogen) atoms. The summed E-state index contributed by atoms with van der Waals surface area (Å²) < 4.78 is 5.68. The molecule has 0 aliphatic carbocycles. The maximum Gasteiger partial charge on any atom is 0.0642 e. The summed E-state index contributed by atoms with van der Waals surface area (Å²) in [4.78, 5) is 2.36. The smallest absolute Gasteiger partial charge is 0.0642 e. The van der Waals surface area contributed by atoms with Gasteiger partial charge in [-0.15, -0.1) is 0 Å². The van der Waals surface area contributed by atoms with Crippen molar-refractivity contribution in [1.29, 1.82) is 0 Å². The van der Waals surface area contributed by atoms with Gasteiger partial charge in [-0.1, -0.05) is 17.7 Å². The van der Waals surface area contributed by atoms with Crippen molar-refractivity contribution in [3.05, 3.63) is 28.8 Å². The van der Waals surface area contributed by atoms with Crippen molar-refractivity contribution in [3.63, 3.8) is 0 Å². The zero-order valence-corrected chi connectivity index (χ0v) is 12.5. The van der Waals surface area contributed by atoms with Gasteiger partial charge in [0.1, 0.15) is 0 Å². The predicted molar refractivity (Wildman–Crippen MR) is 81.1 cm³/mol. The summed E-state index contributed by atoms with van der Waals surface area (Å²) in [5.74, 6) is 0. The Kier molecular flexibility index (Phi) is 5.49. The molecule has 106 valence electrons. The number of nitrogens with zero attached hydrogens (tertiary/aromatic N) is 1. The van der Waals surface area contributed by atoms with Crippen LogP contribution in [0.15, 0.2) is 18.2 Å². The first-order chi connectivity index (χ1) is 9.24. The molecular formula is C15H23ClN2O. The minimum atomic E-state index is 0.420. The summed E-state index contributed by atoms with van der Waals surface area (Å²) in [5, 5.41) is 3.99. The van der Waals surface area contributed by atoms with E-state index in [-0.39, 0.29) is 0 Å². The number of piperidine rings is 1. The molecule has 1 aromatic rings. The summed E-state index contributed by atoms with van der Waals surface area (Å²) in [7, 11) is 1.94. The lowest BCUT2D eigenvalue weighted by atomic mass is 10.1. The normalized spacial score (nSPS) is 16.9. The number of halogens is 1. The molecule has 1 aliphatic rings. The summed E-state index contributed by atoms with van der Waals surface area (Å²) in [6.07, 6.45) is 2.59. The molecule has 2 rings (SSSR count). The van der Waals surface area contributed by atoms with Gasteiger partial charge in [-0.25, -0.2) is 0 Å². The van der Waals surface area contributed by atoms with Crippen LogP contribution < -0.4 is 10.2 Å². The minimum absolute atomic E-state index is 0.420. The number of ether oxygens (including phenoxy) is 1. The summed E-state index contributed by atoms with van der Waals surface area (Å²) in [6, 6.07) is 6.34. The molecule has 4 heteroatoms. The van der Waals surface area contributed by atoms with Crippen molar-refractivity contribution in [1.82, 2.24) is 5.32 Å². The molecule has 3 nitrogen and oxygen atoms in total. The van der Waals surface area contributed by atoms with Crippen LogP contribution in [0.3, 0.4) is 0 Å². The summed E-state index contributed by atoms with van der Waals surface area (Å²) in [6.45, 7) is 5.77. The van der Waals surface area contributed by atoms with Crippen LogP contribution in [0.2, 0.25) is 5.02 Å². The van der Waals surface area contributed by atoms with Crippen molar-refractivity contribution in [2.24, 2.45) is 0 Å². The van der Waals surface area contributed by atoms with Crippen molar-refractivity contribution in [3.8, 4) is 0 Å². The Morgan fingerprint density at radius 1 is 1.37 bits per heavy atom. The zero-order chi connectivity index (χ0) is 13.7. The number of anilines is 1. The number of hydrogen-bond acceptors (Lipinski definition) is 3. The number of benzene rings is 1. The fourth-order valence-corrected chi connectivity index (χ4v) is 2.94. The fraction of sp³-hybridized carbons (Fsp3) is 0.600. The van der Waals surface area contributed by atoms with Crippen molar-refractivity contribution >= 4 is 17.3 Å². The van der Waals surface area contributed by atoms with Crippen molar-refractivity contribution < 1.29 is 4.74 Å². The third-order valence-corrected chi connectivity index (χ3v) is 3.88. The van der Waals surface area contributed by atoms with Gasteiger partial charge in [-0.05, 0) is 44.5 Å². The zero-order valence-electron chi connectivity index (χ0n) is 11.8. The lowest BCUT2D eigenvalue weighted by Gasteiger charge is -2.34. The van der Waals surface area contributed by atoms with Gasteiger partial charge in [0.25, 0.3) is 0 Å². The van der Waals surface area contributed by atoms with E-state index < -0.39 is 0 Å². The first kappa shape index (κ1) is 14.6. The lowest BCUT2D eigenvalue weighted by Crippen LogP contribution is -2.37. The Labute approximate surface area is 120 Å². The van der Waals surface area contributed by atoms with E-state index in [0.717, 1.165) is 49.8 Å². The minimum Gasteiger partial charge on any atom is -0.378 e. The molecule has 0 aromatic heterocycles. The SMILES string of the molecule is CCOC1CCN(c2ccc(CNC)cc2Cl)CC1. The Hall–Kier alpha value is -0.770. The lowest BCUT2D eigenvalue weighted by molar-refractivity contribution is 0.0459. The Morgan fingerprint density at radius 2 is 2.11 bits per heavy atom. The number of hydrogen-bond donors (Lipinski definition) is 1. The largest absolute Gasteiger partial charge is 0.378 e. The molecule has 0 atom stereocenters. The molecule has 0 amide bonds. The second-order valence-corrected chi connectivity index (χ2v) is 5.37. The van der Waals surface area contributed by atoms with Crippen molar-refractivity contribution in [2.75, 3.05) is 31.6 Å². The summed E-state index contributed by atoms with van der Waals surface area (Å²) in [5.41, 5.74) is 2.37. The van der Waals surface area contributed by atoms with Crippen LogP contribution in [0.25, 0.3) is 0 Å². The van der Waals surface area contributed by atoms with Gasteiger partial charge in [-0.3, -0.25) is 0 Å².